The van der Waals surface area contributed by atoms with Crippen molar-refractivity contribution in [2.24, 2.45) is 11.5 Å². The highest BCUT2D eigenvalue weighted by Gasteiger charge is 2.17. The predicted octanol–water partition coefficient (Wildman–Crippen LogP) is 0.194. The second-order valence-electron chi connectivity index (χ2n) is 2.12. The zero-order chi connectivity index (χ0) is 10.1. The van der Waals surface area contributed by atoms with E-state index in [1.54, 1.807) is 0 Å². The van der Waals surface area contributed by atoms with E-state index in [-0.39, 0.29) is 0 Å². The number of nitrogens with two attached hydrogens (primary N) is 2. The molecule has 0 aromatic heterocycles. The van der Waals surface area contributed by atoms with Gasteiger partial charge in [0.25, 0.3) is 5.91 Å². The van der Waals surface area contributed by atoms with Gasteiger partial charge in [-0.15, -0.1) is 0 Å². The van der Waals surface area contributed by atoms with Crippen molar-refractivity contribution in [3.05, 3.63) is 0 Å². The average molecular weight is 174 g/mol. The largest absolute Gasteiger partial charge is 0.363 e. The van der Waals surface area contributed by atoms with E-state index in [1.807, 2.05) is 20.8 Å². The Morgan fingerprint density at radius 1 is 1.33 bits per heavy atom. The first kappa shape index (κ1) is 13.7. The van der Waals surface area contributed by atoms with Crippen LogP contribution in [0.15, 0.2) is 0 Å². The van der Waals surface area contributed by atoms with Crippen LogP contribution in [0.2, 0.25) is 0 Å². The number of carbonyl (C=O) groups is 2. The van der Waals surface area contributed by atoms with Crippen molar-refractivity contribution in [2.45, 2.75) is 39.7 Å². The molecule has 0 aliphatic carbocycles. The fourth-order valence-corrected chi connectivity index (χ4v) is 0.625. The molecule has 12 heavy (non-hydrogen) atoms. The number of hydrogen-bond donors (Lipinski definition) is 2. The van der Waals surface area contributed by atoms with E-state index in [1.165, 1.54) is 0 Å². The summed E-state index contributed by atoms with van der Waals surface area (Å²) < 4.78 is 0. The lowest BCUT2D eigenvalue weighted by molar-refractivity contribution is -0.136. The number of rotatable bonds is 4. The minimum Gasteiger partial charge on any atom is -0.363 e. The van der Waals surface area contributed by atoms with E-state index >= 15 is 0 Å². The van der Waals surface area contributed by atoms with Crippen LogP contribution >= 0.6 is 0 Å². The van der Waals surface area contributed by atoms with E-state index in [0.717, 1.165) is 6.42 Å². The Hall–Kier alpha value is -0.900. The number of Topliss-reactive ketones (excluding diaryl/α,β-unsaturated/α-hetero) is 1. The van der Waals surface area contributed by atoms with Crippen molar-refractivity contribution in [1.29, 1.82) is 0 Å². The zero-order valence-electron chi connectivity index (χ0n) is 7.96. The minimum atomic E-state index is -0.944. The Balaban J connectivity index is 0. The molecule has 4 nitrogen and oxygen atoms in total. The lowest BCUT2D eigenvalue weighted by Crippen LogP contribution is -2.39. The summed E-state index contributed by atoms with van der Waals surface area (Å²) in [5, 5.41) is 0. The van der Waals surface area contributed by atoms with Crippen LogP contribution in [0.25, 0.3) is 0 Å². The summed E-state index contributed by atoms with van der Waals surface area (Å²) in [4.78, 5) is 20.8. The highest BCUT2D eigenvalue weighted by Crippen LogP contribution is 1.93. The molecule has 0 radical (unpaired) electrons. The second kappa shape index (κ2) is 8.20. The Morgan fingerprint density at radius 3 is 2.00 bits per heavy atom. The fraction of sp³-hybridized carbons (Fsp3) is 0.750. The molecule has 0 aliphatic heterocycles. The first-order valence-corrected chi connectivity index (χ1v) is 4.18. The molecule has 0 rings (SSSR count). The SMILES string of the molecule is CC.CCCC(N)C(=O)C(N)=O. The van der Waals surface area contributed by atoms with Gasteiger partial charge < -0.3 is 11.5 Å². The van der Waals surface area contributed by atoms with E-state index < -0.39 is 17.7 Å². The molecular weight excluding hydrogens is 156 g/mol. The molecule has 0 fully saturated rings. The third-order valence-corrected chi connectivity index (χ3v) is 1.18. The highest BCUT2D eigenvalue weighted by molar-refractivity contribution is 6.37. The third-order valence-electron chi connectivity index (χ3n) is 1.18. The molecule has 0 heterocycles. The van der Waals surface area contributed by atoms with Crippen LogP contribution in [0.5, 0.6) is 0 Å². The Labute approximate surface area is 73.3 Å². The van der Waals surface area contributed by atoms with Crippen LogP contribution in [0.1, 0.15) is 33.6 Å². The maximum Gasteiger partial charge on any atom is 0.286 e. The van der Waals surface area contributed by atoms with Gasteiger partial charge in [-0.2, -0.15) is 0 Å². The minimum absolute atomic E-state index is 0.516. The number of carbonyl (C=O) groups excluding carboxylic acids is 2. The Morgan fingerprint density at radius 2 is 1.75 bits per heavy atom. The molecule has 72 valence electrons. The standard InChI is InChI=1S/C6H12N2O2.C2H6/c1-2-3-4(7)5(9)6(8)10;1-2/h4H,2-3,7H2,1H3,(H2,8,10);1-2H3. The van der Waals surface area contributed by atoms with Crippen molar-refractivity contribution < 1.29 is 9.59 Å². The summed E-state index contributed by atoms with van der Waals surface area (Å²) in [6.07, 6.45) is 1.29. The van der Waals surface area contributed by atoms with Crippen LogP contribution in [0.3, 0.4) is 0 Å². The van der Waals surface area contributed by atoms with Gasteiger partial charge in [-0.3, -0.25) is 9.59 Å². The molecule has 4 N–H and O–H groups in total. The number of ketones is 1. The molecular formula is C8H18N2O2. The summed E-state index contributed by atoms with van der Waals surface area (Å²) in [6.45, 7) is 5.88. The molecule has 0 spiro atoms. The first-order valence-electron chi connectivity index (χ1n) is 4.18. The van der Waals surface area contributed by atoms with Crippen molar-refractivity contribution in [3.63, 3.8) is 0 Å². The highest BCUT2D eigenvalue weighted by atomic mass is 16.2. The van der Waals surface area contributed by atoms with E-state index in [0.29, 0.717) is 6.42 Å². The van der Waals surface area contributed by atoms with Crippen molar-refractivity contribution in [2.75, 3.05) is 0 Å². The summed E-state index contributed by atoms with van der Waals surface area (Å²) in [5.74, 6) is -1.62. The molecule has 0 aliphatic rings. The molecule has 0 saturated carbocycles. The number of primary amides is 1. The molecule has 0 aromatic carbocycles. The summed E-state index contributed by atoms with van der Waals surface area (Å²) >= 11 is 0. The smallest absolute Gasteiger partial charge is 0.286 e. The quantitative estimate of drug-likeness (QED) is 0.597. The maximum absolute atomic E-state index is 10.6. The van der Waals surface area contributed by atoms with Gasteiger partial charge in [0.1, 0.15) is 0 Å². The summed E-state index contributed by atoms with van der Waals surface area (Å²) in [6, 6.07) is -0.706. The van der Waals surface area contributed by atoms with Crippen molar-refractivity contribution in [1.82, 2.24) is 0 Å². The van der Waals surface area contributed by atoms with Crippen LogP contribution in [0, 0.1) is 0 Å². The van der Waals surface area contributed by atoms with E-state index in [2.05, 4.69) is 0 Å². The van der Waals surface area contributed by atoms with E-state index in [9.17, 15) is 9.59 Å². The second-order valence-corrected chi connectivity index (χ2v) is 2.12. The molecule has 0 bridgehead atoms. The average Bonchev–Trinajstić information content (AvgIpc) is 2.07. The van der Waals surface area contributed by atoms with E-state index in [4.69, 9.17) is 11.5 Å². The van der Waals surface area contributed by atoms with Crippen molar-refractivity contribution in [3.8, 4) is 0 Å². The summed E-state index contributed by atoms with van der Waals surface area (Å²) in [7, 11) is 0. The topological polar surface area (TPSA) is 86.2 Å². The lowest BCUT2D eigenvalue weighted by Gasteiger charge is -2.04. The first-order chi connectivity index (χ1) is 5.59. The van der Waals surface area contributed by atoms with Gasteiger partial charge in [-0.05, 0) is 6.42 Å². The van der Waals surface area contributed by atoms with Crippen molar-refractivity contribution >= 4 is 11.7 Å². The Kier molecular flexibility index (Phi) is 9.34. The van der Waals surface area contributed by atoms with Crippen LogP contribution in [-0.2, 0) is 9.59 Å². The van der Waals surface area contributed by atoms with Crippen LogP contribution in [0.4, 0.5) is 0 Å². The monoisotopic (exact) mass is 174 g/mol. The van der Waals surface area contributed by atoms with Gasteiger partial charge in [0.15, 0.2) is 0 Å². The normalized spacial score (nSPS) is 11.0. The Bertz CT molecular complexity index is 146. The van der Waals surface area contributed by atoms with Gasteiger partial charge in [0, 0.05) is 0 Å². The van der Waals surface area contributed by atoms with Gasteiger partial charge in [0.2, 0.25) is 5.78 Å². The van der Waals surface area contributed by atoms with Gasteiger partial charge in [0.05, 0.1) is 6.04 Å². The molecule has 1 amide bonds. The molecule has 1 unspecified atom stereocenters. The lowest BCUT2D eigenvalue weighted by atomic mass is 10.1. The van der Waals surface area contributed by atoms with Crippen LogP contribution in [-0.4, -0.2) is 17.7 Å². The predicted molar refractivity (Wildman–Crippen MR) is 48.4 cm³/mol. The molecule has 1 atom stereocenters. The third kappa shape index (κ3) is 5.85. The van der Waals surface area contributed by atoms with Gasteiger partial charge in [-0.25, -0.2) is 0 Å². The molecule has 0 aromatic rings. The molecule has 4 heteroatoms. The summed E-state index contributed by atoms with van der Waals surface area (Å²) in [5.41, 5.74) is 9.98. The van der Waals surface area contributed by atoms with Crippen LogP contribution < -0.4 is 11.5 Å². The number of hydrogen-bond acceptors (Lipinski definition) is 3. The maximum atomic E-state index is 10.6. The van der Waals surface area contributed by atoms with Gasteiger partial charge in [-0.1, -0.05) is 27.2 Å². The number of amides is 1. The molecule has 0 saturated heterocycles. The van der Waals surface area contributed by atoms with Gasteiger partial charge >= 0.3 is 0 Å². The zero-order valence-corrected chi connectivity index (χ0v) is 7.96. The fourth-order valence-electron chi connectivity index (χ4n) is 0.625.